The minimum absolute atomic E-state index is 0.0511. The van der Waals surface area contributed by atoms with Gasteiger partial charge in [-0.25, -0.2) is 0 Å². The van der Waals surface area contributed by atoms with Gasteiger partial charge in [-0.2, -0.15) is 0 Å². The molecule has 4 rings (SSSR count). The number of carbonyl (C=O) groups is 1. The Balaban J connectivity index is 1.86. The molecule has 4 aliphatic rings. The smallest absolute Gasteiger partial charge is 0.201 e. The van der Waals surface area contributed by atoms with Gasteiger partial charge in [0.2, 0.25) is 5.78 Å². The molecular weight excluding hydrogens is 196 g/mol. The van der Waals surface area contributed by atoms with Gasteiger partial charge in [0.05, 0.1) is 6.61 Å². The van der Waals surface area contributed by atoms with E-state index in [1.165, 1.54) is 0 Å². The molecule has 0 unspecified atom stereocenters. The number of fused-ring (bicyclic) bond motifs is 4. The first-order valence-corrected chi connectivity index (χ1v) is 5.53. The molecule has 3 saturated heterocycles. The van der Waals surface area contributed by atoms with Crippen LogP contribution in [0, 0.1) is 5.92 Å². The number of epoxide rings is 3. The first-order valence-electron chi connectivity index (χ1n) is 5.53. The van der Waals surface area contributed by atoms with Crippen LogP contribution in [0.1, 0.15) is 20.8 Å². The number of hydrogen-bond donors (Lipinski definition) is 0. The van der Waals surface area contributed by atoms with Crippen LogP contribution in [0.3, 0.4) is 0 Å². The molecule has 3 aliphatic heterocycles. The van der Waals surface area contributed by atoms with Crippen LogP contribution in [0.5, 0.6) is 0 Å². The summed E-state index contributed by atoms with van der Waals surface area (Å²) in [7, 11) is 0. The summed E-state index contributed by atoms with van der Waals surface area (Å²) in [5.74, 6) is 0.392. The summed E-state index contributed by atoms with van der Waals surface area (Å²) in [5.41, 5.74) is -1.42. The third kappa shape index (κ3) is 0.630. The maximum atomic E-state index is 12.2. The van der Waals surface area contributed by atoms with Crippen molar-refractivity contribution >= 4 is 5.78 Å². The molecule has 15 heavy (non-hydrogen) atoms. The van der Waals surface area contributed by atoms with Gasteiger partial charge in [0.25, 0.3) is 0 Å². The molecule has 0 aromatic carbocycles. The second-order valence-electron chi connectivity index (χ2n) is 5.61. The Labute approximate surface area is 87.9 Å². The molecule has 0 bridgehead atoms. The Hall–Kier alpha value is -0.450. The second-order valence-corrected chi connectivity index (χ2v) is 5.61. The van der Waals surface area contributed by atoms with Gasteiger partial charge in [-0.15, -0.1) is 0 Å². The largest absolute Gasteiger partial charge is 0.359 e. The van der Waals surface area contributed by atoms with Crippen molar-refractivity contribution in [3.8, 4) is 0 Å². The van der Waals surface area contributed by atoms with E-state index in [9.17, 15) is 4.79 Å². The number of hydrogen-bond acceptors (Lipinski definition) is 4. The zero-order valence-electron chi connectivity index (χ0n) is 9.07. The summed E-state index contributed by atoms with van der Waals surface area (Å²) in [4.78, 5) is 12.2. The van der Waals surface area contributed by atoms with E-state index in [2.05, 4.69) is 13.8 Å². The van der Waals surface area contributed by atoms with Crippen molar-refractivity contribution in [2.45, 2.75) is 49.8 Å². The zero-order chi connectivity index (χ0) is 10.6. The van der Waals surface area contributed by atoms with E-state index in [-0.39, 0.29) is 29.5 Å². The van der Waals surface area contributed by atoms with Crippen molar-refractivity contribution in [3.05, 3.63) is 0 Å². The maximum absolute atomic E-state index is 12.2. The highest BCUT2D eigenvalue weighted by atomic mass is 16.7. The molecule has 0 aromatic rings. The molecule has 0 N–H and O–H groups in total. The van der Waals surface area contributed by atoms with Gasteiger partial charge in [-0.05, 0) is 12.8 Å². The zero-order valence-corrected chi connectivity index (χ0v) is 9.07. The first kappa shape index (κ1) is 8.67. The summed E-state index contributed by atoms with van der Waals surface area (Å²) in [6.07, 6.45) is -0.227. The van der Waals surface area contributed by atoms with Crippen LogP contribution in [0.4, 0.5) is 0 Å². The maximum Gasteiger partial charge on any atom is 0.201 e. The van der Waals surface area contributed by atoms with Crippen LogP contribution in [-0.2, 0) is 19.0 Å². The first-order chi connectivity index (χ1) is 6.99. The number of carbonyl (C=O) groups excluding carboxylic acids is 1. The second kappa shape index (κ2) is 1.90. The lowest BCUT2D eigenvalue weighted by Crippen LogP contribution is -2.55. The van der Waals surface area contributed by atoms with E-state index in [4.69, 9.17) is 14.2 Å². The fourth-order valence-electron chi connectivity index (χ4n) is 3.49. The number of Topliss-reactive ketones (excluding diaryl/α,β-unsaturated/α-hetero) is 1. The van der Waals surface area contributed by atoms with E-state index in [0.29, 0.717) is 6.61 Å². The molecule has 1 spiro atoms. The molecule has 4 heteroatoms. The molecular formula is C11H14O4. The molecule has 5 atom stereocenters. The van der Waals surface area contributed by atoms with Crippen LogP contribution in [0.15, 0.2) is 0 Å². The fourth-order valence-corrected chi connectivity index (χ4v) is 3.49. The van der Waals surface area contributed by atoms with E-state index >= 15 is 0 Å². The normalized spacial score (nSPS) is 64.1. The van der Waals surface area contributed by atoms with Gasteiger partial charge < -0.3 is 14.2 Å². The quantitative estimate of drug-likeness (QED) is 0.584. The molecule has 0 radical (unpaired) electrons. The number of ketones is 1. The van der Waals surface area contributed by atoms with Crippen molar-refractivity contribution < 1.29 is 19.0 Å². The lowest BCUT2D eigenvalue weighted by molar-refractivity contribution is -0.129. The monoisotopic (exact) mass is 210 g/mol. The van der Waals surface area contributed by atoms with Crippen LogP contribution in [-0.4, -0.2) is 41.4 Å². The Bertz CT molecular complexity index is 386. The predicted molar refractivity (Wildman–Crippen MR) is 49.4 cm³/mol. The van der Waals surface area contributed by atoms with E-state index in [1.807, 2.05) is 6.92 Å². The highest BCUT2D eigenvalue weighted by Gasteiger charge is 2.93. The third-order valence-electron chi connectivity index (χ3n) is 4.56. The van der Waals surface area contributed by atoms with Crippen LogP contribution in [0.25, 0.3) is 0 Å². The van der Waals surface area contributed by atoms with Gasteiger partial charge in [-0.3, -0.25) is 4.79 Å². The molecule has 82 valence electrons. The van der Waals surface area contributed by atoms with Crippen LogP contribution in [0.2, 0.25) is 0 Å². The SMILES string of the molecule is CC(C)[C@]12O[C@H]1[C@]1(C)O[C@@H]1C(=O)[C@]21CO1. The van der Waals surface area contributed by atoms with Crippen molar-refractivity contribution in [3.63, 3.8) is 0 Å². The van der Waals surface area contributed by atoms with E-state index in [0.717, 1.165) is 0 Å². The topological polar surface area (TPSA) is 54.7 Å². The molecule has 0 aromatic heterocycles. The molecule has 3 heterocycles. The molecule has 4 fully saturated rings. The van der Waals surface area contributed by atoms with Gasteiger partial charge >= 0.3 is 0 Å². The highest BCUT2D eigenvalue weighted by Crippen LogP contribution is 2.70. The van der Waals surface area contributed by atoms with E-state index < -0.39 is 11.2 Å². The highest BCUT2D eigenvalue weighted by molar-refractivity contribution is 6.00. The van der Waals surface area contributed by atoms with Crippen molar-refractivity contribution in [2.75, 3.05) is 6.61 Å². The average molecular weight is 210 g/mol. The van der Waals surface area contributed by atoms with Crippen molar-refractivity contribution in [1.82, 2.24) is 0 Å². The summed E-state index contributed by atoms with van der Waals surface area (Å²) in [6, 6.07) is 0. The van der Waals surface area contributed by atoms with Gasteiger partial charge in [0.1, 0.15) is 17.3 Å². The fraction of sp³-hybridized carbons (Fsp3) is 0.909. The molecule has 0 amide bonds. The summed E-state index contributed by atoms with van der Waals surface area (Å²) in [5, 5.41) is 0. The summed E-state index contributed by atoms with van der Waals surface area (Å²) < 4.78 is 16.8. The van der Waals surface area contributed by atoms with E-state index in [1.54, 1.807) is 0 Å². The Morgan fingerprint density at radius 3 is 2.60 bits per heavy atom. The summed E-state index contributed by atoms with van der Waals surface area (Å²) >= 11 is 0. The van der Waals surface area contributed by atoms with Gasteiger partial charge in [-0.1, -0.05) is 13.8 Å². The molecule has 1 aliphatic carbocycles. The Morgan fingerprint density at radius 2 is 2.07 bits per heavy atom. The Kier molecular flexibility index (Phi) is 1.10. The third-order valence-corrected chi connectivity index (χ3v) is 4.56. The number of ether oxygens (including phenoxy) is 3. The minimum Gasteiger partial charge on any atom is -0.359 e. The van der Waals surface area contributed by atoms with Crippen LogP contribution < -0.4 is 0 Å². The molecule has 1 saturated carbocycles. The van der Waals surface area contributed by atoms with Gasteiger partial charge in [0, 0.05) is 0 Å². The lowest BCUT2D eigenvalue weighted by atomic mass is 9.69. The van der Waals surface area contributed by atoms with Crippen molar-refractivity contribution in [1.29, 1.82) is 0 Å². The standard InChI is InChI=1S/C11H14O4/c1-5(2)11-8(15-11)9(3)7(14-9)6(12)10(11)4-13-10/h5,7-8H,4H2,1-3H3/t7-,8+,9-,10-,11+/m1/s1. The predicted octanol–water partition coefficient (Wildman–Crippen LogP) is 0.289. The number of rotatable bonds is 1. The lowest BCUT2D eigenvalue weighted by Gasteiger charge is -2.27. The Morgan fingerprint density at radius 1 is 1.40 bits per heavy atom. The minimum atomic E-state index is -0.660. The van der Waals surface area contributed by atoms with Gasteiger partial charge in [0.15, 0.2) is 11.7 Å². The van der Waals surface area contributed by atoms with Crippen LogP contribution >= 0.6 is 0 Å². The van der Waals surface area contributed by atoms with Crippen molar-refractivity contribution in [2.24, 2.45) is 5.92 Å². The average Bonchev–Trinajstić information content (AvgIpc) is 3.02. The molecule has 4 nitrogen and oxygen atoms in total. The summed E-state index contributed by atoms with van der Waals surface area (Å²) in [6.45, 7) is 6.65.